The number of fused-ring (bicyclic) bond motifs is 1. The molecular formula is C10H10ClN7S. The highest BCUT2D eigenvalue weighted by Crippen LogP contribution is 2.30. The summed E-state index contributed by atoms with van der Waals surface area (Å²) in [6.45, 7) is 3.94. The zero-order chi connectivity index (χ0) is 13.4. The molecule has 1 unspecified atom stereocenters. The van der Waals surface area contributed by atoms with Crippen molar-refractivity contribution in [3.63, 3.8) is 0 Å². The minimum absolute atomic E-state index is 0.131. The monoisotopic (exact) mass is 295 g/mol. The molecule has 0 amide bonds. The number of nitrogens with one attached hydrogen (secondary N) is 2. The van der Waals surface area contributed by atoms with E-state index in [0.717, 1.165) is 15.1 Å². The normalized spacial score (nSPS) is 12.8. The highest BCUT2D eigenvalue weighted by atomic mass is 35.5. The molecule has 19 heavy (non-hydrogen) atoms. The van der Waals surface area contributed by atoms with Crippen LogP contribution in [0.5, 0.6) is 0 Å². The minimum Gasteiger partial charge on any atom is -0.359 e. The van der Waals surface area contributed by atoms with Gasteiger partial charge in [-0.1, -0.05) is 5.21 Å². The fraction of sp³-hybridized carbons (Fsp3) is 0.300. The average molecular weight is 296 g/mol. The van der Waals surface area contributed by atoms with Crippen molar-refractivity contribution in [2.45, 2.75) is 19.9 Å². The lowest BCUT2D eigenvalue weighted by molar-refractivity contribution is 0.789. The number of thiophene rings is 1. The van der Waals surface area contributed by atoms with Crippen LogP contribution in [0.15, 0.2) is 6.07 Å². The predicted molar refractivity (Wildman–Crippen MR) is 73.4 cm³/mol. The number of hydrogen-bond acceptors (Lipinski definition) is 7. The van der Waals surface area contributed by atoms with Crippen LogP contribution >= 0.6 is 22.9 Å². The van der Waals surface area contributed by atoms with Gasteiger partial charge in [-0.15, -0.1) is 21.5 Å². The lowest BCUT2D eigenvalue weighted by Crippen LogP contribution is -2.10. The SMILES string of the molecule is Cc1cc2c(NC(C)c3nn[nH]n3)nc(Cl)nc2s1. The van der Waals surface area contributed by atoms with Crippen LogP contribution in [0, 0.1) is 6.92 Å². The highest BCUT2D eigenvalue weighted by Gasteiger charge is 2.15. The number of anilines is 1. The van der Waals surface area contributed by atoms with Crippen LogP contribution in [0.3, 0.4) is 0 Å². The summed E-state index contributed by atoms with van der Waals surface area (Å²) in [5.41, 5.74) is 0. The smallest absolute Gasteiger partial charge is 0.225 e. The molecule has 3 aromatic rings. The number of halogens is 1. The fourth-order valence-corrected chi connectivity index (χ4v) is 2.85. The molecule has 0 spiro atoms. The van der Waals surface area contributed by atoms with E-state index in [1.807, 2.05) is 19.9 Å². The summed E-state index contributed by atoms with van der Waals surface area (Å²) in [6.07, 6.45) is 0. The first-order chi connectivity index (χ1) is 9.13. The minimum atomic E-state index is -0.131. The molecular weight excluding hydrogens is 286 g/mol. The van der Waals surface area contributed by atoms with Crippen molar-refractivity contribution in [1.82, 2.24) is 30.6 Å². The Kier molecular flexibility index (Phi) is 3.03. The average Bonchev–Trinajstić information content (AvgIpc) is 2.96. The van der Waals surface area contributed by atoms with Gasteiger partial charge in [0.15, 0.2) is 5.82 Å². The molecule has 0 aliphatic heterocycles. The van der Waals surface area contributed by atoms with E-state index in [9.17, 15) is 0 Å². The first-order valence-electron chi connectivity index (χ1n) is 5.57. The molecule has 0 radical (unpaired) electrons. The van der Waals surface area contributed by atoms with Gasteiger partial charge in [0.05, 0.1) is 11.4 Å². The molecule has 0 saturated carbocycles. The summed E-state index contributed by atoms with van der Waals surface area (Å²) < 4.78 is 0. The zero-order valence-electron chi connectivity index (χ0n) is 10.2. The van der Waals surface area contributed by atoms with E-state index >= 15 is 0 Å². The van der Waals surface area contributed by atoms with Crippen molar-refractivity contribution in [3.8, 4) is 0 Å². The van der Waals surface area contributed by atoms with Gasteiger partial charge in [0.1, 0.15) is 10.6 Å². The third-order valence-electron chi connectivity index (χ3n) is 2.59. The van der Waals surface area contributed by atoms with Crippen LogP contribution in [0.2, 0.25) is 5.28 Å². The lowest BCUT2D eigenvalue weighted by atomic mass is 10.3. The summed E-state index contributed by atoms with van der Waals surface area (Å²) >= 11 is 7.52. The van der Waals surface area contributed by atoms with Crippen molar-refractivity contribution in [3.05, 3.63) is 22.1 Å². The van der Waals surface area contributed by atoms with Gasteiger partial charge in [-0.3, -0.25) is 0 Å². The van der Waals surface area contributed by atoms with E-state index in [1.165, 1.54) is 0 Å². The second-order valence-electron chi connectivity index (χ2n) is 4.05. The molecule has 0 aliphatic rings. The van der Waals surface area contributed by atoms with Crippen LogP contribution in [0.4, 0.5) is 5.82 Å². The topological polar surface area (TPSA) is 92.3 Å². The summed E-state index contributed by atoms with van der Waals surface area (Å²) in [4.78, 5) is 10.5. The summed E-state index contributed by atoms with van der Waals surface area (Å²) in [5.74, 6) is 1.24. The van der Waals surface area contributed by atoms with Crippen molar-refractivity contribution >= 4 is 39.0 Å². The van der Waals surface area contributed by atoms with E-state index in [1.54, 1.807) is 11.3 Å². The van der Waals surface area contributed by atoms with Crippen LogP contribution in [-0.2, 0) is 0 Å². The van der Waals surface area contributed by atoms with Crippen molar-refractivity contribution in [2.24, 2.45) is 0 Å². The molecule has 3 rings (SSSR count). The number of nitrogens with zero attached hydrogens (tertiary/aromatic N) is 5. The Morgan fingerprint density at radius 3 is 3.00 bits per heavy atom. The van der Waals surface area contributed by atoms with Gasteiger partial charge in [-0.2, -0.15) is 5.21 Å². The van der Waals surface area contributed by atoms with E-state index in [0.29, 0.717) is 11.6 Å². The first-order valence-corrected chi connectivity index (χ1v) is 6.76. The molecule has 1 atom stereocenters. The lowest BCUT2D eigenvalue weighted by Gasteiger charge is -2.11. The number of aromatic nitrogens is 6. The van der Waals surface area contributed by atoms with Crippen molar-refractivity contribution < 1.29 is 0 Å². The number of H-pyrrole nitrogens is 1. The van der Waals surface area contributed by atoms with Gasteiger partial charge in [-0.25, -0.2) is 9.97 Å². The van der Waals surface area contributed by atoms with Gasteiger partial charge < -0.3 is 5.32 Å². The molecule has 0 aromatic carbocycles. The number of rotatable bonds is 3. The fourth-order valence-electron chi connectivity index (χ4n) is 1.75. The third kappa shape index (κ3) is 2.36. The summed E-state index contributed by atoms with van der Waals surface area (Å²) in [6, 6.07) is 1.90. The van der Waals surface area contributed by atoms with E-state index in [4.69, 9.17) is 11.6 Å². The Hall–Kier alpha value is -1.80. The molecule has 0 aliphatic carbocycles. The predicted octanol–water partition coefficient (Wildman–Crippen LogP) is 2.34. The standard InChI is InChI=1S/C10H10ClN7S/c1-4-3-6-8(13-10(11)14-9(6)19-4)12-5(2)7-15-17-18-16-7/h3,5H,1-2H3,(H,12,13,14)(H,15,16,17,18). The Balaban J connectivity index is 2.00. The van der Waals surface area contributed by atoms with Crippen molar-refractivity contribution in [1.29, 1.82) is 0 Å². The van der Waals surface area contributed by atoms with Crippen LogP contribution in [0.1, 0.15) is 23.7 Å². The maximum Gasteiger partial charge on any atom is 0.225 e. The van der Waals surface area contributed by atoms with Gasteiger partial charge in [0, 0.05) is 4.88 Å². The molecule has 98 valence electrons. The molecule has 0 bridgehead atoms. The summed E-state index contributed by atoms with van der Waals surface area (Å²) in [7, 11) is 0. The van der Waals surface area contributed by atoms with Gasteiger partial charge >= 0.3 is 0 Å². The van der Waals surface area contributed by atoms with E-state index < -0.39 is 0 Å². The third-order valence-corrected chi connectivity index (χ3v) is 3.70. The Labute approximate surface area is 117 Å². The molecule has 7 nitrogen and oxygen atoms in total. The Morgan fingerprint density at radius 2 is 2.26 bits per heavy atom. The van der Waals surface area contributed by atoms with Crippen LogP contribution < -0.4 is 5.32 Å². The molecule has 9 heteroatoms. The molecule has 2 N–H and O–H groups in total. The second kappa shape index (κ2) is 4.71. The van der Waals surface area contributed by atoms with Gasteiger partial charge in [0.25, 0.3) is 0 Å². The molecule has 3 heterocycles. The summed E-state index contributed by atoms with van der Waals surface area (Å²) in [5, 5.41) is 18.2. The quantitative estimate of drug-likeness (QED) is 0.721. The number of tetrazole rings is 1. The molecule has 0 saturated heterocycles. The van der Waals surface area contributed by atoms with E-state index in [-0.39, 0.29) is 11.3 Å². The Morgan fingerprint density at radius 1 is 1.42 bits per heavy atom. The number of aromatic amines is 1. The zero-order valence-corrected chi connectivity index (χ0v) is 11.7. The first kappa shape index (κ1) is 12.2. The van der Waals surface area contributed by atoms with Crippen LogP contribution in [0.25, 0.3) is 10.2 Å². The maximum atomic E-state index is 5.94. The van der Waals surface area contributed by atoms with Gasteiger partial charge in [-0.05, 0) is 31.5 Å². The Bertz CT molecular complexity index is 708. The van der Waals surface area contributed by atoms with Crippen molar-refractivity contribution in [2.75, 3.05) is 5.32 Å². The molecule has 3 aromatic heterocycles. The largest absolute Gasteiger partial charge is 0.359 e. The highest BCUT2D eigenvalue weighted by molar-refractivity contribution is 7.18. The molecule has 0 fully saturated rings. The number of aryl methyl sites for hydroxylation is 1. The van der Waals surface area contributed by atoms with Gasteiger partial charge in [0.2, 0.25) is 5.28 Å². The maximum absolute atomic E-state index is 5.94. The van der Waals surface area contributed by atoms with Crippen LogP contribution in [-0.4, -0.2) is 30.6 Å². The number of hydrogen-bond donors (Lipinski definition) is 2. The van der Waals surface area contributed by atoms with E-state index in [2.05, 4.69) is 35.9 Å². The second-order valence-corrected chi connectivity index (χ2v) is 5.63.